The molecule has 3 fully saturated rings. The van der Waals surface area contributed by atoms with Crippen LogP contribution in [0.3, 0.4) is 0 Å². The number of benzene rings is 5. The summed E-state index contributed by atoms with van der Waals surface area (Å²) in [6.07, 6.45) is -20.6. The van der Waals surface area contributed by atoms with Crippen molar-refractivity contribution in [3.05, 3.63) is 117 Å². The Balaban J connectivity index is 1.19. The molecule has 0 radical (unpaired) electrons. The summed E-state index contributed by atoms with van der Waals surface area (Å²) >= 11 is 14.5. The molecule has 0 aromatic heterocycles. The summed E-state index contributed by atoms with van der Waals surface area (Å²) < 4.78 is 52.2. The molecule has 8 aliphatic heterocycles. The number of carboxylic acids is 1. The molecule has 0 spiro atoms. The number of halogens is 2. The maximum absolute atomic E-state index is 16.4. The minimum Gasteiger partial charge on any atom is -0.508 e. The molecule has 13 rings (SSSR count). The van der Waals surface area contributed by atoms with Gasteiger partial charge in [0, 0.05) is 41.5 Å². The van der Waals surface area contributed by atoms with Crippen molar-refractivity contribution >= 4 is 70.5 Å². The number of primary amides is 1. The number of nitrogens with two attached hydrogens (primary N) is 1. The van der Waals surface area contributed by atoms with Crippen LogP contribution in [0.4, 0.5) is 0 Å². The molecule has 5 aromatic carbocycles. The third-order valence-electron chi connectivity index (χ3n) is 20.8. The molecule has 8 heterocycles. The van der Waals surface area contributed by atoms with Crippen molar-refractivity contribution in [2.75, 3.05) is 6.61 Å². The van der Waals surface area contributed by atoms with Gasteiger partial charge in [-0.05, 0) is 120 Å². The van der Waals surface area contributed by atoms with Gasteiger partial charge in [-0.1, -0.05) is 89.9 Å². The maximum atomic E-state index is 16.4. The van der Waals surface area contributed by atoms with E-state index in [9.17, 15) is 65.4 Å². The summed E-state index contributed by atoms with van der Waals surface area (Å²) in [7, 11) is 0. The van der Waals surface area contributed by atoms with Crippen LogP contribution < -0.4 is 51.8 Å². The van der Waals surface area contributed by atoms with Crippen molar-refractivity contribution in [3.63, 3.8) is 0 Å². The van der Waals surface area contributed by atoms with Crippen LogP contribution in [0.25, 0.3) is 11.1 Å². The number of carboxylic acid groups (broad SMARTS) is 1. The average Bonchev–Trinajstić information content (AvgIpc) is 0.763. The van der Waals surface area contributed by atoms with Crippen LogP contribution in [0.5, 0.6) is 46.0 Å². The number of phenolic OH excluding ortho intramolecular Hbond substituents is 3. The van der Waals surface area contributed by atoms with Crippen LogP contribution in [-0.2, 0) is 62.0 Å². The van der Waals surface area contributed by atoms with E-state index < -0.39 is 250 Å². The molecule has 0 saturated carbocycles. The van der Waals surface area contributed by atoms with E-state index in [-0.39, 0.29) is 63.4 Å². The van der Waals surface area contributed by atoms with Gasteiger partial charge in [0.05, 0.1) is 47.5 Å². The van der Waals surface area contributed by atoms with Gasteiger partial charge in [0.2, 0.25) is 53.4 Å². The first-order chi connectivity index (χ1) is 52.3. The van der Waals surface area contributed by atoms with Gasteiger partial charge < -0.3 is 127 Å². The SMILES string of the molecule is CC[C@H](CC(C)C)C(=O)N[C@H]1C(=O)N[C@@H](CC(N)=O)C(=O)N[C@H]2C(=O)N[C@H]3C(=O)N[C@H](C(=O)N[C@H](C(=O)O)c4cc(O)cc(O)c4-c4cc3ccc4O)[C@H](O[C@H]3CC(C)(C)[C@@H](O)[C@H](C)O3)c3ccc(c(Cl)c3)Oc3cc2cc(c3O[C@@H]2O[C@H](CO)[C@@H](O)[C@H](O)[C@H]2O[C@H]2CC(C)(C)[C@@H](O)[C@H](C)O2)Oc2ccc(cc2Cl)[C@H]1O. The Hall–Kier alpha value is -9.20. The second kappa shape index (κ2) is 33.2. The smallest absolute Gasteiger partial charge is 0.330 e. The first kappa shape index (κ1) is 82.8. The summed E-state index contributed by atoms with van der Waals surface area (Å²) in [4.78, 5) is 120. The zero-order chi connectivity index (χ0) is 80.9. The average molecular weight is 1590 g/mol. The van der Waals surface area contributed by atoms with Crippen molar-refractivity contribution < 1.29 is 127 Å². The summed E-state index contributed by atoms with van der Waals surface area (Å²) in [5.74, 6) is -16.2. The van der Waals surface area contributed by atoms with E-state index in [1.54, 1.807) is 48.5 Å². The molecule has 11 bridgehead atoms. The van der Waals surface area contributed by atoms with E-state index in [0.29, 0.717) is 6.42 Å². The number of ether oxygens (including phenoxy) is 8. The number of aliphatic carboxylic acids is 1. The van der Waals surface area contributed by atoms with Crippen molar-refractivity contribution in [1.82, 2.24) is 31.9 Å². The molecule has 8 aliphatic rings. The van der Waals surface area contributed by atoms with E-state index in [1.807, 2.05) is 13.8 Å². The highest BCUT2D eigenvalue weighted by atomic mass is 35.5. The first-order valence-corrected chi connectivity index (χ1v) is 36.8. The monoisotopic (exact) mass is 1590 g/mol. The highest BCUT2D eigenvalue weighted by molar-refractivity contribution is 6.32. The molecule has 111 heavy (non-hydrogen) atoms. The fourth-order valence-corrected chi connectivity index (χ4v) is 15.3. The van der Waals surface area contributed by atoms with Gasteiger partial charge in [0.25, 0.3) is 0 Å². The first-order valence-electron chi connectivity index (χ1n) is 36.1. The predicted octanol–water partition coefficient (Wildman–Crippen LogP) is 4.40. The standard InChI is InChI=1S/C76H91Cl2N7O26/c1-10-32(17-29(2)3)67(96)84-57-59(91)34-12-15-45(40(77)19-34)106-47-21-36-22-48(63(47)111-74-64(61(93)60(92)49(28-86)108-74)110-52-27-76(8,9)66(95)31(5)105-52)107-46-16-13-35(20-41(46)78)62(109-51-26-75(6,7)65(94)30(4)104-51)58-72(101)83-56(73(102)103)39-23-37(87)24-44(89)53(39)38-18-33(11-14-43(38)88)54(69(98)85-58)82-70(99)55(36)81-68(97)42(25-50(79)90)80-71(57)100/h11-16,18-24,29-32,42,49,51-52,54-62,64-66,74,86-89,91-95H,10,17,25-28H2,1-9H3,(H2,79,90)(H,80,100)(H,81,97)(H,82,99)(H,83,101)(H,84,96)(H,85,98)(H,102,103)/t30-,31-,32+,42-,49+,51-,52-,54+,55+,56-,57+,58-,59+,60+,61-,62+,64+,65-,66-,74-/m0/s1. The quantitative estimate of drug-likeness (QED) is 0.0690. The second-order valence-electron chi connectivity index (χ2n) is 30.5. The number of carbonyl (C=O) groups is 8. The number of rotatable bonds is 15. The van der Waals surface area contributed by atoms with E-state index >= 15 is 24.0 Å². The highest BCUT2D eigenvalue weighted by Gasteiger charge is 2.52. The van der Waals surface area contributed by atoms with Crippen LogP contribution >= 0.6 is 23.2 Å². The molecule has 5 aromatic rings. The zero-order valence-electron chi connectivity index (χ0n) is 61.7. The van der Waals surface area contributed by atoms with Crippen LogP contribution in [0, 0.1) is 22.7 Å². The zero-order valence-corrected chi connectivity index (χ0v) is 63.2. The van der Waals surface area contributed by atoms with E-state index in [0.717, 1.165) is 48.5 Å². The van der Waals surface area contributed by atoms with Crippen LogP contribution in [0.2, 0.25) is 10.0 Å². The molecule has 0 aliphatic carbocycles. The lowest BCUT2D eigenvalue weighted by molar-refractivity contribution is -0.337. The third kappa shape index (κ3) is 17.7. The Kier molecular flexibility index (Phi) is 24.8. The highest BCUT2D eigenvalue weighted by Crippen LogP contribution is 2.51. The van der Waals surface area contributed by atoms with Crippen LogP contribution in [-0.4, -0.2) is 191 Å². The molecule has 18 N–H and O–H groups in total. The summed E-state index contributed by atoms with van der Waals surface area (Å²) in [6, 6.07) is 1.17. The van der Waals surface area contributed by atoms with Gasteiger partial charge >= 0.3 is 5.97 Å². The number of aromatic hydroxyl groups is 3. The Bertz CT molecular complexity index is 4410. The number of hydrogen-bond donors (Lipinski definition) is 17. The van der Waals surface area contributed by atoms with Gasteiger partial charge in [-0.25, -0.2) is 4.79 Å². The number of aliphatic hydroxyl groups is 6. The Morgan fingerprint density at radius 3 is 1.78 bits per heavy atom. The van der Waals surface area contributed by atoms with E-state index in [2.05, 4.69) is 31.9 Å². The van der Waals surface area contributed by atoms with Gasteiger partial charge in [-0.15, -0.1) is 0 Å². The molecule has 3 saturated heterocycles. The molecule has 600 valence electrons. The lowest BCUT2D eigenvalue weighted by Crippen LogP contribution is -2.62. The topological polar surface area (TPSA) is 511 Å². The molecule has 20 atom stereocenters. The predicted molar refractivity (Wildman–Crippen MR) is 389 cm³/mol. The Morgan fingerprint density at radius 1 is 0.649 bits per heavy atom. The number of amides is 7. The third-order valence-corrected chi connectivity index (χ3v) is 21.4. The van der Waals surface area contributed by atoms with E-state index in [4.69, 9.17) is 66.8 Å². The summed E-state index contributed by atoms with van der Waals surface area (Å²) in [5, 5.41) is 129. The van der Waals surface area contributed by atoms with Crippen molar-refractivity contribution in [2.24, 2.45) is 28.4 Å². The van der Waals surface area contributed by atoms with Crippen molar-refractivity contribution in [1.29, 1.82) is 0 Å². The second-order valence-corrected chi connectivity index (χ2v) is 31.3. The van der Waals surface area contributed by atoms with Crippen LogP contribution in [0.15, 0.2) is 78.9 Å². The number of aliphatic hydroxyl groups excluding tert-OH is 6. The Morgan fingerprint density at radius 2 is 1.22 bits per heavy atom. The number of fused-ring (bicyclic) bond motifs is 15. The number of nitrogens with one attached hydrogen (secondary N) is 6. The number of carbonyl (C=O) groups excluding carboxylic acids is 7. The van der Waals surface area contributed by atoms with E-state index in [1.165, 1.54) is 30.3 Å². The van der Waals surface area contributed by atoms with Gasteiger partial charge in [-0.2, -0.15) is 0 Å². The van der Waals surface area contributed by atoms with Crippen molar-refractivity contribution in [3.8, 4) is 57.1 Å². The minimum atomic E-state index is -2.35. The minimum absolute atomic E-state index is 0.0276. The van der Waals surface area contributed by atoms with Gasteiger partial charge in [-0.3, -0.25) is 33.6 Å². The fourth-order valence-electron chi connectivity index (χ4n) is 14.8. The molecule has 7 amide bonds. The number of phenols is 3. The lowest BCUT2D eigenvalue weighted by atomic mass is 9.78. The Labute approximate surface area is 646 Å². The molecular formula is C76H91Cl2N7O26. The summed E-state index contributed by atoms with van der Waals surface area (Å²) in [6.45, 7) is 14.5. The lowest BCUT2D eigenvalue weighted by Gasteiger charge is -2.47. The molecule has 35 heteroatoms. The largest absolute Gasteiger partial charge is 0.508 e. The van der Waals surface area contributed by atoms with Crippen LogP contribution in [0.1, 0.15) is 153 Å². The molecule has 0 unspecified atom stereocenters. The maximum Gasteiger partial charge on any atom is 0.330 e. The fraction of sp³-hybridized carbons (Fsp3) is 0.500. The van der Waals surface area contributed by atoms with Gasteiger partial charge in [0.1, 0.15) is 89.5 Å². The summed E-state index contributed by atoms with van der Waals surface area (Å²) in [5.41, 5.74) is 1.36. The normalized spacial score (nSPS) is 30.3. The van der Waals surface area contributed by atoms with Gasteiger partial charge in [0.15, 0.2) is 36.2 Å². The van der Waals surface area contributed by atoms with Crippen molar-refractivity contribution in [2.45, 2.75) is 211 Å². The molecular weight excluding hydrogens is 1500 g/mol. The molecule has 33 nitrogen and oxygen atoms in total. The number of hydrogen-bond acceptors (Lipinski definition) is 25.